The van der Waals surface area contributed by atoms with Crippen LogP contribution in [-0.4, -0.2) is 23.7 Å². The highest BCUT2D eigenvalue weighted by molar-refractivity contribution is 5.96. The van der Waals surface area contributed by atoms with Gasteiger partial charge in [-0.1, -0.05) is 0 Å². The van der Waals surface area contributed by atoms with Crippen molar-refractivity contribution in [2.75, 3.05) is 18.0 Å². The van der Waals surface area contributed by atoms with E-state index < -0.39 is 0 Å². The molecule has 1 amide bonds. The van der Waals surface area contributed by atoms with Crippen LogP contribution < -0.4 is 16.8 Å². The summed E-state index contributed by atoms with van der Waals surface area (Å²) in [7, 11) is 0. The molecule has 0 spiro atoms. The van der Waals surface area contributed by atoms with Crippen molar-refractivity contribution in [3.8, 4) is 0 Å². The Bertz CT molecular complexity index is 371. The number of aliphatic hydroxyl groups is 1. The minimum absolute atomic E-state index is 0.199. The highest BCUT2D eigenvalue weighted by Crippen LogP contribution is 2.13. The van der Waals surface area contributed by atoms with E-state index in [1.54, 1.807) is 25.1 Å². The van der Waals surface area contributed by atoms with E-state index in [-0.39, 0.29) is 12.0 Å². The van der Waals surface area contributed by atoms with Gasteiger partial charge in [-0.25, -0.2) is 0 Å². The van der Waals surface area contributed by atoms with Gasteiger partial charge < -0.3 is 21.9 Å². The van der Waals surface area contributed by atoms with Crippen molar-refractivity contribution in [3.63, 3.8) is 0 Å². The Balaban J connectivity index is 2.47. The molecule has 0 heterocycles. The summed E-state index contributed by atoms with van der Waals surface area (Å²) in [6.45, 7) is 2.25. The van der Waals surface area contributed by atoms with Crippen molar-refractivity contribution in [2.45, 2.75) is 25.9 Å². The molecule has 1 aromatic rings. The number of anilines is 2. The predicted octanol–water partition coefficient (Wildman–Crippen LogP) is 0.742. The zero-order valence-electron chi connectivity index (χ0n) is 9.94. The summed E-state index contributed by atoms with van der Waals surface area (Å²) < 4.78 is 0. The highest BCUT2D eigenvalue weighted by Gasteiger charge is 2.06. The minimum atomic E-state index is -0.338. The van der Waals surface area contributed by atoms with E-state index in [1.165, 1.54) is 0 Å². The first-order valence-electron chi connectivity index (χ1n) is 5.61. The Morgan fingerprint density at radius 3 is 2.47 bits per heavy atom. The van der Waals surface area contributed by atoms with E-state index in [0.717, 1.165) is 6.42 Å². The van der Waals surface area contributed by atoms with Crippen molar-refractivity contribution in [3.05, 3.63) is 23.8 Å². The fraction of sp³-hybridized carbons (Fsp3) is 0.417. The Morgan fingerprint density at radius 1 is 1.35 bits per heavy atom. The van der Waals surface area contributed by atoms with Gasteiger partial charge in [-0.15, -0.1) is 0 Å². The first kappa shape index (κ1) is 13.3. The SMILES string of the molecule is CC(O)CCCNC(=O)c1cc(N)cc(N)c1. The van der Waals surface area contributed by atoms with Gasteiger partial charge in [-0.2, -0.15) is 0 Å². The predicted molar refractivity (Wildman–Crippen MR) is 68.5 cm³/mol. The molecule has 0 aliphatic carbocycles. The first-order valence-corrected chi connectivity index (χ1v) is 5.61. The lowest BCUT2D eigenvalue weighted by Gasteiger charge is -2.07. The maximum atomic E-state index is 11.7. The molecule has 6 N–H and O–H groups in total. The van der Waals surface area contributed by atoms with Gasteiger partial charge in [0.1, 0.15) is 0 Å². The van der Waals surface area contributed by atoms with Gasteiger partial charge in [-0.05, 0) is 38.0 Å². The maximum absolute atomic E-state index is 11.7. The number of nitrogens with two attached hydrogens (primary N) is 2. The summed E-state index contributed by atoms with van der Waals surface area (Å²) in [5.74, 6) is -0.199. The van der Waals surface area contributed by atoms with Crippen LogP contribution >= 0.6 is 0 Å². The summed E-state index contributed by atoms with van der Waals surface area (Å²) in [6, 6.07) is 4.77. The molecule has 0 fully saturated rings. The van der Waals surface area contributed by atoms with Crippen LogP contribution in [0.2, 0.25) is 0 Å². The molecule has 94 valence electrons. The molecule has 0 aliphatic heterocycles. The van der Waals surface area contributed by atoms with Gasteiger partial charge in [0, 0.05) is 23.5 Å². The van der Waals surface area contributed by atoms with Gasteiger partial charge in [0.15, 0.2) is 0 Å². The molecule has 5 nitrogen and oxygen atoms in total. The summed E-state index contributed by atoms with van der Waals surface area (Å²) in [4.78, 5) is 11.7. The smallest absolute Gasteiger partial charge is 0.251 e. The molecule has 1 aromatic carbocycles. The average molecular weight is 237 g/mol. The fourth-order valence-electron chi connectivity index (χ4n) is 1.51. The highest BCUT2D eigenvalue weighted by atomic mass is 16.3. The molecule has 1 atom stereocenters. The zero-order valence-corrected chi connectivity index (χ0v) is 9.94. The molecular formula is C12H19N3O2. The lowest BCUT2D eigenvalue weighted by Crippen LogP contribution is -2.25. The molecule has 5 heteroatoms. The van der Waals surface area contributed by atoms with Crippen LogP contribution in [0.1, 0.15) is 30.1 Å². The largest absolute Gasteiger partial charge is 0.399 e. The molecule has 0 aliphatic rings. The summed E-state index contributed by atoms with van der Waals surface area (Å²) >= 11 is 0. The van der Waals surface area contributed by atoms with E-state index in [4.69, 9.17) is 16.6 Å². The average Bonchev–Trinajstić information content (AvgIpc) is 2.22. The van der Waals surface area contributed by atoms with E-state index in [1.807, 2.05) is 0 Å². The molecule has 17 heavy (non-hydrogen) atoms. The monoisotopic (exact) mass is 237 g/mol. The zero-order chi connectivity index (χ0) is 12.8. The maximum Gasteiger partial charge on any atom is 0.251 e. The Kier molecular flexibility index (Phi) is 4.78. The van der Waals surface area contributed by atoms with Crippen LogP contribution in [0.5, 0.6) is 0 Å². The van der Waals surface area contributed by atoms with Gasteiger partial charge in [0.05, 0.1) is 6.10 Å². The van der Waals surface area contributed by atoms with Crippen LogP contribution in [0.25, 0.3) is 0 Å². The van der Waals surface area contributed by atoms with Crippen molar-refractivity contribution in [1.29, 1.82) is 0 Å². The number of hydrogen-bond acceptors (Lipinski definition) is 4. The Morgan fingerprint density at radius 2 is 1.94 bits per heavy atom. The molecule has 0 saturated heterocycles. The second-order valence-electron chi connectivity index (χ2n) is 4.14. The van der Waals surface area contributed by atoms with Gasteiger partial charge in [0.25, 0.3) is 5.91 Å². The van der Waals surface area contributed by atoms with Crippen LogP contribution in [0.15, 0.2) is 18.2 Å². The standard InChI is InChI=1S/C12H19N3O2/c1-8(16)3-2-4-15-12(17)9-5-10(13)7-11(14)6-9/h5-8,16H,2-4,13-14H2,1H3,(H,15,17). The minimum Gasteiger partial charge on any atom is -0.399 e. The number of nitrogens with one attached hydrogen (secondary N) is 1. The van der Waals surface area contributed by atoms with Gasteiger partial charge in [-0.3, -0.25) is 4.79 Å². The molecule has 0 saturated carbocycles. The molecule has 1 rings (SSSR count). The number of rotatable bonds is 5. The number of carbonyl (C=O) groups is 1. The third-order valence-corrected chi connectivity index (χ3v) is 2.32. The molecule has 1 unspecified atom stereocenters. The number of hydrogen-bond donors (Lipinski definition) is 4. The number of benzene rings is 1. The molecular weight excluding hydrogens is 218 g/mol. The van der Waals surface area contributed by atoms with E-state index >= 15 is 0 Å². The van der Waals surface area contributed by atoms with Gasteiger partial charge in [0.2, 0.25) is 0 Å². The Labute approximate surface area is 101 Å². The van der Waals surface area contributed by atoms with E-state index in [0.29, 0.717) is 29.9 Å². The third-order valence-electron chi connectivity index (χ3n) is 2.32. The molecule has 0 radical (unpaired) electrons. The van der Waals surface area contributed by atoms with Crippen LogP contribution in [0.4, 0.5) is 11.4 Å². The third kappa shape index (κ3) is 4.74. The van der Waals surface area contributed by atoms with Crippen molar-refractivity contribution in [1.82, 2.24) is 5.32 Å². The number of nitrogen functional groups attached to an aromatic ring is 2. The van der Waals surface area contributed by atoms with Gasteiger partial charge >= 0.3 is 0 Å². The summed E-state index contributed by atoms with van der Waals surface area (Å²) in [5.41, 5.74) is 12.6. The van der Waals surface area contributed by atoms with E-state index in [9.17, 15) is 4.79 Å². The van der Waals surface area contributed by atoms with Crippen LogP contribution in [0.3, 0.4) is 0 Å². The summed E-state index contributed by atoms with van der Waals surface area (Å²) in [6.07, 6.45) is 1.07. The molecule has 0 aromatic heterocycles. The normalized spacial score (nSPS) is 12.1. The van der Waals surface area contributed by atoms with Crippen LogP contribution in [-0.2, 0) is 0 Å². The fourth-order valence-corrected chi connectivity index (χ4v) is 1.51. The topological polar surface area (TPSA) is 101 Å². The van der Waals surface area contributed by atoms with Crippen LogP contribution in [0, 0.1) is 0 Å². The second kappa shape index (κ2) is 6.10. The second-order valence-corrected chi connectivity index (χ2v) is 4.14. The van der Waals surface area contributed by atoms with Crippen molar-refractivity contribution < 1.29 is 9.90 Å². The molecule has 0 bridgehead atoms. The van der Waals surface area contributed by atoms with Crippen molar-refractivity contribution >= 4 is 17.3 Å². The number of amides is 1. The number of carbonyl (C=O) groups excluding carboxylic acids is 1. The van der Waals surface area contributed by atoms with Crippen molar-refractivity contribution in [2.24, 2.45) is 0 Å². The lowest BCUT2D eigenvalue weighted by molar-refractivity contribution is 0.0949. The van der Waals surface area contributed by atoms with E-state index in [2.05, 4.69) is 5.32 Å². The number of aliphatic hydroxyl groups excluding tert-OH is 1. The first-order chi connectivity index (χ1) is 7.99. The quantitative estimate of drug-likeness (QED) is 0.448. The summed E-state index contributed by atoms with van der Waals surface area (Å²) in [5, 5.41) is 11.8. The lowest BCUT2D eigenvalue weighted by atomic mass is 10.1. The Hall–Kier alpha value is -1.75.